The van der Waals surface area contributed by atoms with Crippen LogP contribution < -0.4 is 0 Å². The van der Waals surface area contributed by atoms with Crippen molar-refractivity contribution < 1.29 is 4.43 Å². The average Bonchev–Trinajstić information content (AvgIpc) is 1.86. The van der Waals surface area contributed by atoms with Gasteiger partial charge in [-0.3, -0.25) is 0 Å². The average molecular weight is 156 g/mol. The van der Waals surface area contributed by atoms with Crippen molar-refractivity contribution in [1.82, 2.24) is 0 Å². The molecule has 1 unspecified atom stereocenters. The molecular weight excluding hydrogens is 140 g/mol. The summed E-state index contributed by atoms with van der Waals surface area (Å²) in [7, 11) is -0.633. The zero-order chi connectivity index (χ0) is 6.81. The molecule has 1 nitrogen and oxygen atoms in total. The van der Waals surface area contributed by atoms with E-state index in [0.717, 1.165) is 12.1 Å². The molecule has 1 aliphatic carbocycles. The van der Waals surface area contributed by atoms with E-state index in [0.29, 0.717) is 0 Å². The summed E-state index contributed by atoms with van der Waals surface area (Å²) < 4.78 is 5.82. The first kappa shape index (κ1) is 6.86. The Hall–Kier alpha value is 0.177. The van der Waals surface area contributed by atoms with E-state index < -0.39 is 9.04 Å². The Bertz CT molecular complexity index is 106. The van der Waals surface area contributed by atoms with Crippen molar-refractivity contribution in [1.29, 1.82) is 0 Å². The van der Waals surface area contributed by atoms with E-state index in [2.05, 4.69) is 0 Å². The van der Waals surface area contributed by atoms with Crippen molar-refractivity contribution in [3.8, 4) is 0 Å². The Morgan fingerprint density at radius 3 is 2.50 bits per heavy atom. The summed E-state index contributed by atoms with van der Waals surface area (Å²) in [6.45, 7) is 1.09. The Labute approximate surface area is 64.5 Å². The molecule has 0 N–H and O–H groups in total. The molecule has 10 heavy (non-hydrogen) atoms. The predicted molar refractivity (Wildman–Crippen MR) is 44.7 cm³/mol. The first-order valence-electron chi connectivity index (χ1n) is 4.58. The van der Waals surface area contributed by atoms with Gasteiger partial charge in [-0.05, 0) is 18.0 Å². The molecule has 1 heterocycles. The Morgan fingerprint density at radius 1 is 1.10 bits per heavy atom. The Balaban J connectivity index is 1.78. The van der Waals surface area contributed by atoms with E-state index in [1.807, 2.05) is 0 Å². The molecule has 0 radical (unpaired) electrons. The molecule has 0 spiro atoms. The van der Waals surface area contributed by atoms with Gasteiger partial charge in [-0.1, -0.05) is 25.7 Å². The zero-order valence-electron chi connectivity index (χ0n) is 6.51. The fraction of sp³-hybridized carbons (Fsp3) is 1.00. The van der Waals surface area contributed by atoms with Crippen molar-refractivity contribution >= 4 is 9.04 Å². The van der Waals surface area contributed by atoms with Crippen LogP contribution in [0.4, 0.5) is 0 Å². The molecule has 2 heteroatoms. The second kappa shape index (κ2) is 3.05. The fourth-order valence-electron chi connectivity index (χ4n) is 1.95. The van der Waals surface area contributed by atoms with Crippen LogP contribution in [-0.4, -0.2) is 15.6 Å². The third kappa shape index (κ3) is 1.27. The third-order valence-corrected chi connectivity index (χ3v) is 6.25. The van der Waals surface area contributed by atoms with Crippen molar-refractivity contribution in [2.45, 2.75) is 43.7 Å². The van der Waals surface area contributed by atoms with E-state index in [9.17, 15) is 0 Å². The maximum absolute atomic E-state index is 5.82. The topological polar surface area (TPSA) is 9.23 Å². The van der Waals surface area contributed by atoms with Crippen LogP contribution in [0.1, 0.15) is 32.1 Å². The van der Waals surface area contributed by atoms with Crippen LogP contribution in [0.5, 0.6) is 0 Å². The molecule has 1 atom stereocenters. The molecule has 1 saturated heterocycles. The maximum Gasteiger partial charge on any atom is 0.179 e. The van der Waals surface area contributed by atoms with Gasteiger partial charge < -0.3 is 4.43 Å². The predicted octanol–water partition coefficient (Wildman–Crippen LogP) is 2.07. The summed E-state index contributed by atoms with van der Waals surface area (Å²) >= 11 is 0. The van der Waals surface area contributed by atoms with E-state index in [-0.39, 0.29) is 0 Å². The lowest BCUT2D eigenvalue weighted by Gasteiger charge is -2.34. The van der Waals surface area contributed by atoms with Crippen molar-refractivity contribution in [2.75, 3.05) is 6.61 Å². The highest BCUT2D eigenvalue weighted by Gasteiger charge is 2.30. The van der Waals surface area contributed by atoms with Gasteiger partial charge in [0.2, 0.25) is 0 Å². The van der Waals surface area contributed by atoms with Crippen LogP contribution in [0.3, 0.4) is 0 Å². The van der Waals surface area contributed by atoms with Crippen molar-refractivity contribution in [3.05, 3.63) is 0 Å². The maximum atomic E-state index is 5.82. The van der Waals surface area contributed by atoms with Gasteiger partial charge >= 0.3 is 0 Å². The summed E-state index contributed by atoms with van der Waals surface area (Å²) in [5.41, 5.74) is 1.08. The van der Waals surface area contributed by atoms with Gasteiger partial charge in [0.1, 0.15) is 0 Å². The molecular formula is C8H16OSi. The zero-order valence-corrected chi connectivity index (χ0v) is 7.67. The minimum atomic E-state index is -0.633. The summed E-state index contributed by atoms with van der Waals surface area (Å²) in [4.78, 5) is 0. The normalized spacial score (nSPS) is 35.4. The molecule has 0 amide bonds. The second-order valence-corrected chi connectivity index (χ2v) is 6.53. The molecule has 1 saturated carbocycles. The molecule has 2 aliphatic rings. The summed E-state index contributed by atoms with van der Waals surface area (Å²) in [6, 6.07) is 1.48. The minimum absolute atomic E-state index is 0.633. The fourth-order valence-corrected chi connectivity index (χ4v) is 5.23. The van der Waals surface area contributed by atoms with E-state index in [1.165, 1.54) is 38.1 Å². The molecule has 0 aromatic heterocycles. The number of hydrogen-bond acceptors (Lipinski definition) is 1. The van der Waals surface area contributed by atoms with Crippen LogP contribution in [0.2, 0.25) is 11.6 Å². The quantitative estimate of drug-likeness (QED) is 0.528. The highest BCUT2D eigenvalue weighted by Crippen LogP contribution is 2.38. The highest BCUT2D eigenvalue weighted by molar-refractivity contribution is 6.54. The van der Waals surface area contributed by atoms with Gasteiger partial charge in [-0.25, -0.2) is 0 Å². The van der Waals surface area contributed by atoms with Crippen molar-refractivity contribution in [3.63, 3.8) is 0 Å². The van der Waals surface area contributed by atoms with Gasteiger partial charge in [-0.15, -0.1) is 0 Å². The van der Waals surface area contributed by atoms with Gasteiger partial charge in [0.25, 0.3) is 0 Å². The summed E-state index contributed by atoms with van der Waals surface area (Å²) in [5, 5.41) is 0. The van der Waals surface area contributed by atoms with Gasteiger partial charge in [0.15, 0.2) is 9.04 Å². The number of rotatable bonds is 1. The lowest BCUT2D eigenvalue weighted by Crippen LogP contribution is -2.32. The smallest absolute Gasteiger partial charge is 0.179 e. The van der Waals surface area contributed by atoms with Crippen LogP contribution >= 0.6 is 0 Å². The molecule has 0 bridgehead atoms. The van der Waals surface area contributed by atoms with Gasteiger partial charge in [0.05, 0.1) is 0 Å². The molecule has 0 aromatic carbocycles. The lowest BCUT2D eigenvalue weighted by atomic mass is 10.00. The molecule has 58 valence electrons. The Kier molecular flexibility index (Phi) is 2.09. The molecule has 1 aliphatic heterocycles. The van der Waals surface area contributed by atoms with Crippen LogP contribution in [0.15, 0.2) is 0 Å². The largest absolute Gasteiger partial charge is 0.420 e. The third-order valence-electron chi connectivity index (χ3n) is 2.89. The second-order valence-electron chi connectivity index (χ2n) is 3.60. The van der Waals surface area contributed by atoms with Crippen LogP contribution in [0, 0.1) is 0 Å². The number of hydrogen-bond donors (Lipinski definition) is 0. The highest BCUT2D eigenvalue weighted by atomic mass is 28.3. The lowest BCUT2D eigenvalue weighted by molar-refractivity contribution is 0.264. The monoisotopic (exact) mass is 156 g/mol. The molecule has 2 rings (SSSR count). The van der Waals surface area contributed by atoms with Crippen LogP contribution in [-0.2, 0) is 4.43 Å². The van der Waals surface area contributed by atoms with E-state index in [4.69, 9.17) is 4.43 Å². The SMILES string of the molecule is C1CC[SiH](C2CCC2)OC1. The van der Waals surface area contributed by atoms with Gasteiger partial charge in [0, 0.05) is 6.61 Å². The first-order chi connectivity index (χ1) is 4.97. The van der Waals surface area contributed by atoms with Crippen molar-refractivity contribution in [2.24, 2.45) is 0 Å². The summed E-state index contributed by atoms with van der Waals surface area (Å²) in [6.07, 6.45) is 7.27. The molecule has 0 aromatic rings. The van der Waals surface area contributed by atoms with Crippen LogP contribution in [0.25, 0.3) is 0 Å². The molecule has 2 fully saturated rings. The minimum Gasteiger partial charge on any atom is -0.420 e. The van der Waals surface area contributed by atoms with E-state index >= 15 is 0 Å². The Morgan fingerprint density at radius 2 is 2.00 bits per heavy atom. The summed E-state index contributed by atoms with van der Waals surface area (Å²) in [5.74, 6) is 0. The van der Waals surface area contributed by atoms with E-state index in [1.54, 1.807) is 0 Å². The standard InChI is InChI=1S/C8H16OSi/c1-2-7-10(9-6-1)8-4-3-5-8/h8,10H,1-7H2. The van der Waals surface area contributed by atoms with Gasteiger partial charge in [-0.2, -0.15) is 0 Å². The first-order valence-corrected chi connectivity index (χ1v) is 6.54.